The SMILES string of the molecule is Cn1cc(C(=O)Nc2cc3ccccc3cc2OCCO)c(C(F)F)n1. The van der Waals surface area contributed by atoms with E-state index in [1.165, 1.54) is 17.9 Å². The van der Waals surface area contributed by atoms with E-state index in [1.54, 1.807) is 12.1 Å². The minimum absolute atomic E-state index is 0.0381. The normalized spacial score (nSPS) is 11.1. The molecule has 0 bridgehead atoms. The third-order valence-corrected chi connectivity index (χ3v) is 3.75. The second-order valence-corrected chi connectivity index (χ2v) is 5.62. The number of halogens is 2. The maximum Gasteiger partial charge on any atom is 0.282 e. The third-order valence-electron chi connectivity index (χ3n) is 3.75. The van der Waals surface area contributed by atoms with Crippen LogP contribution in [0.2, 0.25) is 0 Å². The lowest BCUT2D eigenvalue weighted by molar-refractivity contribution is 0.101. The van der Waals surface area contributed by atoms with Gasteiger partial charge in [-0.2, -0.15) is 5.10 Å². The quantitative estimate of drug-likeness (QED) is 0.707. The molecule has 0 saturated heterocycles. The van der Waals surface area contributed by atoms with Crippen molar-refractivity contribution in [2.24, 2.45) is 7.05 Å². The van der Waals surface area contributed by atoms with Crippen LogP contribution in [0.4, 0.5) is 14.5 Å². The van der Waals surface area contributed by atoms with Crippen molar-refractivity contribution in [3.63, 3.8) is 0 Å². The number of carbonyl (C=O) groups excluding carboxylic acids is 1. The average Bonchev–Trinajstić information content (AvgIpc) is 3.02. The Labute approximate surface area is 148 Å². The van der Waals surface area contributed by atoms with Crippen LogP contribution in [-0.4, -0.2) is 34.0 Å². The number of aliphatic hydroxyl groups is 1. The molecule has 0 spiro atoms. The van der Waals surface area contributed by atoms with Gasteiger partial charge in [-0.05, 0) is 22.9 Å². The van der Waals surface area contributed by atoms with Crippen LogP contribution in [0.5, 0.6) is 5.75 Å². The number of anilines is 1. The summed E-state index contributed by atoms with van der Waals surface area (Å²) in [6.45, 7) is -0.158. The fourth-order valence-electron chi connectivity index (χ4n) is 2.62. The molecule has 8 heteroatoms. The van der Waals surface area contributed by atoms with Crippen molar-refractivity contribution in [1.29, 1.82) is 0 Å². The number of aryl methyl sites for hydroxylation is 1. The number of benzene rings is 2. The van der Waals surface area contributed by atoms with Gasteiger partial charge in [0.2, 0.25) is 0 Å². The molecule has 3 aromatic rings. The van der Waals surface area contributed by atoms with Crippen LogP contribution in [0, 0.1) is 0 Å². The van der Waals surface area contributed by atoms with Crippen LogP contribution in [-0.2, 0) is 7.05 Å². The molecule has 0 unspecified atom stereocenters. The highest BCUT2D eigenvalue weighted by atomic mass is 19.3. The highest BCUT2D eigenvalue weighted by Crippen LogP contribution is 2.31. The number of hydrogen-bond acceptors (Lipinski definition) is 4. The van der Waals surface area contributed by atoms with Crippen molar-refractivity contribution in [2.75, 3.05) is 18.5 Å². The zero-order chi connectivity index (χ0) is 18.7. The van der Waals surface area contributed by atoms with Gasteiger partial charge in [0.1, 0.15) is 18.1 Å². The van der Waals surface area contributed by atoms with Gasteiger partial charge in [-0.15, -0.1) is 0 Å². The van der Waals surface area contributed by atoms with Crippen LogP contribution in [0.15, 0.2) is 42.6 Å². The van der Waals surface area contributed by atoms with E-state index in [4.69, 9.17) is 9.84 Å². The summed E-state index contributed by atoms with van der Waals surface area (Å²) in [4.78, 5) is 12.5. The van der Waals surface area contributed by atoms with Crippen molar-refractivity contribution in [1.82, 2.24) is 9.78 Å². The van der Waals surface area contributed by atoms with Gasteiger partial charge >= 0.3 is 0 Å². The van der Waals surface area contributed by atoms with Crippen LogP contribution >= 0.6 is 0 Å². The first-order valence-electron chi connectivity index (χ1n) is 7.89. The van der Waals surface area contributed by atoms with Crippen molar-refractivity contribution in [3.05, 3.63) is 53.9 Å². The summed E-state index contributed by atoms with van der Waals surface area (Å²) in [5, 5.41) is 17.0. The molecular weight excluding hydrogens is 344 g/mol. The van der Waals surface area contributed by atoms with E-state index in [0.717, 1.165) is 10.8 Å². The fourth-order valence-corrected chi connectivity index (χ4v) is 2.62. The highest BCUT2D eigenvalue weighted by Gasteiger charge is 2.23. The van der Waals surface area contributed by atoms with Gasteiger partial charge < -0.3 is 15.2 Å². The molecule has 6 nitrogen and oxygen atoms in total. The number of ether oxygens (including phenoxy) is 1. The number of aromatic nitrogens is 2. The molecule has 0 saturated carbocycles. The number of hydrogen-bond donors (Lipinski definition) is 2. The summed E-state index contributed by atoms with van der Waals surface area (Å²) in [5.74, 6) is -0.369. The van der Waals surface area contributed by atoms with E-state index >= 15 is 0 Å². The number of rotatable bonds is 6. The van der Waals surface area contributed by atoms with Crippen LogP contribution in [0.1, 0.15) is 22.5 Å². The topological polar surface area (TPSA) is 76.4 Å². The minimum Gasteiger partial charge on any atom is -0.489 e. The van der Waals surface area contributed by atoms with Gasteiger partial charge in [-0.1, -0.05) is 24.3 Å². The Kier molecular flexibility index (Phi) is 5.13. The van der Waals surface area contributed by atoms with Gasteiger partial charge in [0.25, 0.3) is 12.3 Å². The van der Waals surface area contributed by atoms with Gasteiger partial charge in [0.05, 0.1) is 17.9 Å². The van der Waals surface area contributed by atoms with Gasteiger partial charge in [0, 0.05) is 13.2 Å². The molecule has 1 aromatic heterocycles. The molecular formula is C18H17F2N3O3. The molecule has 0 radical (unpaired) electrons. The lowest BCUT2D eigenvalue weighted by Crippen LogP contribution is -2.15. The molecule has 0 aliphatic heterocycles. The molecule has 26 heavy (non-hydrogen) atoms. The highest BCUT2D eigenvalue weighted by molar-refractivity contribution is 6.07. The maximum atomic E-state index is 13.1. The second-order valence-electron chi connectivity index (χ2n) is 5.62. The molecule has 3 rings (SSSR count). The van der Waals surface area contributed by atoms with E-state index in [-0.39, 0.29) is 18.8 Å². The number of amides is 1. The van der Waals surface area contributed by atoms with Gasteiger partial charge in [-0.3, -0.25) is 9.48 Å². The monoisotopic (exact) mass is 361 g/mol. The van der Waals surface area contributed by atoms with Crippen LogP contribution < -0.4 is 10.1 Å². The van der Waals surface area contributed by atoms with Crippen LogP contribution in [0.25, 0.3) is 10.8 Å². The first kappa shape index (κ1) is 17.8. The van der Waals surface area contributed by atoms with Crippen molar-refractivity contribution < 1.29 is 23.4 Å². The zero-order valence-electron chi connectivity index (χ0n) is 13.9. The summed E-state index contributed by atoms with van der Waals surface area (Å²) in [5.41, 5.74) is -0.460. The molecule has 2 aromatic carbocycles. The molecule has 0 fully saturated rings. The third kappa shape index (κ3) is 3.65. The number of nitrogens with zero attached hydrogens (tertiary/aromatic N) is 2. The van der Waals surface area contributed by atoms with Crippen molar-refractivity contribution in [2.45, 2.75) is 6.43 Å². The summed E-state index contributed by atoms with van der Waals surface area (Å²) in [6, 6.07) is 10.9. The molecule has 2 N–H and O–H groups in total. The standard InChI is InChI=1S/C18H17F2N3O3/c1-23-10-13(16(22-23)17(19)20)18(25)21-14-8-11-4-2-3-5-12(11)9-15(14)26-7-6-24/h2-5,8-10,17,24H,6-7H2,1H3,(H,21,25). The summed E-state index contributed by atoms with van der Waals surface area (Å²) in [7, 11) is 1.47. The molecule has 0 aliphatic rings. The summed E-state index contributed by atoms with van der Waals surface area (Å²) in [6.07, 6.45) is -1.62. The molecule has 1 amide bonds. The predicted octanol–water partition coefficient (Wildman–Crippen LogP) is 3.13. The lowest BCUT2D eigenvalue weighted by Gasteiger charge is -2.13. The number of alkyl halides is 2. The molecule has 0 aliphatic carbocycles. The van der Waals surface area contributed by atoms with Gasteiger partial charge in [-0.25, -0.2) is 8.78 Å². The largest absolute Gasteiger partial charge is 0.489 e. The Balaban J connectivity index is 1.97. The summed E-state index contributed by atoms with van der Waals surface area (Å²) >= 11 is 0. The number of nitrogens with one attached hydrogen (secondary N) is 1. The number of fused-ring (bicyclic) bond motifs is 1. The predicted molar refractivity (Wildman–Crippen MR) is 92.6 cm³/mol. The molecule has 136 valence electrons. The molecule has 0 atom stereocenters. The fraction of sp³-hybridized carbons (Fsp3) is 0.222. The Bertz CT molecular complexity index is 941. The second kappa shape index (κ2) is 7.49. The summed E-state index contributed by atoms with van der Waals surface area (Å²) < 4.78 is 32.8. The number of aliphatic hydroxyl groups excluding tert-OH is 1. The Morgan fingerprint density at radius 2 is 2.00 bits per heavy atom. The van der Waals surface area contributed by atoms with E-state index in [9.17, 15) is 13.6 Å². The lowest BCUT2D eigenvalue weighted by atomic mass is 10.1. The van der Waals surface area contributed by atoms with Gasteiger partial charge in [0.15, 0.2) is 0 Å². The number of carbonyl (C=O) groups is 1. The average molecular weight is 361 g/mol. The van der Waals surface area contributed by atoms with E-state index in [0.29, 0.717) is 11.4 Å². The van der Waals surface area contributed by atoms with E-state index < -0.39 is 18.0 Å². The Morgan fingerprint density at radius 1 is 1.31 bits per heavy atom. The Morgan fingerprint density at radius 3 is 2.65 bits per heavy atom. The zero-order valence-corrected chi connectivity index (χ0v) is 13.9. The smallest absolute Gasteiger partial charge is 0.282 e. The van der Waals surface area contributed by atoms with E-state index in [2.05, 4.69) is 10.4 Å². The van der Waals surface area contributed by atoms with Crippen molar-refractivity contribution in [3.8, 4) is 5.75 Å². The Hall–Kier alpha value is -3.00. The maximum absolute atomic E-state index is 13.1. The minimum atomic E-state index is -2.86. The first-order valence-corrected chi connectivity index (χ1v) is 7.89. The van der Waals surface area contributed by atoms with E-state index in [1.807, 2.05) is 24.3 Å². The molecule has 1 heterocycles. The van der Waals surface area contributed by atoms with Crippen molar-refractivity contribution >= 4 is 22.4 Å². The van der Waals surface area contributed by atoms with Crippen LogP contribution in [0.3, 0.4) is 0 Å². The first-order chi connectivity index (χ1) is 12.5.